The molecule has 0 spiro atoms. The largest absolute Gasteiger partial charge is 0.459 e. The number of Topliss-reactive ketones (excluding diaryl/α,β-unsaturated/α-hetero) is 1. The third-order valence-corrected chi connectivity index (χ3v) is 10.3. The van der Waals surface area contributed by atoms with E-state index in [4.69, 9.17) is 18.9 Å². The van der Waals surface area contributed by atoms with Crippen molar-refractivity contribution in [3.8, 4) is 0 Å². The number of carbonyl (C=O) groups is 2. The first kappa shape index (κ1) is 27.9. The van der Waals surface area contributed by atoms with Crippen LogP contribution in [0.2, 0.25) is 0 Å². The maximum absolute atomic E-state index is 13.6. The smallest absolute Gasteiger partial charge is 0.314 e. The molecule has 5 fully saturated rings. The zero-order valence-electron chi connectivity index (χ0n) is 22.8. The Labute approximate surface area is 231 Å². The van der Waals surface area contributed by atoms with Gasteiger partial charge in [-0.25, -0.2) is 0 Å². The number of hydrogen-bond acceptors (Lipinski definition) is 11. The molecule has 1 aromatic rings. The van der Waals surface area contributed by atoms with E-state index < -0.39 is 94.8 Å². The quantitative estimate of drug-likeness (QED) is 0.246. The van der Waals surface area contributed by atoms with Crippen LogP contribution in [0, 0.1) is 23.7 Å². The Hall–Kier alpha value is -2.22. The maximum atomic E-state index is 13.6. The molecule has 2 aliphatic heterocycles. The van der Waals surface area contributed by atoms with Crippen molar-refractivity contribution >= 4 is 11.8 Å². The predicted molar refractivity (Wildman–Crippen MR) is 135 cm³/mol. The van der Waals surface area contributed by atoms with Crippen molar-refractivity contribution in [3.05, 3.63) is 48.0 Å². The summed E-state index contributed by atoms with van der Waals surface area (Å²) in [6, 6.07) is 8.68. The lowest BCUT2D eigenvalue weighted by atomic mass is 9.52. The number of aliphatic hydroxyl groups excluding tert-OH is 3. The predicted octanol–water partition coefficient (Wildman–Crippen LogP) is -0.0912. The maximum Gasteiger partial charge on any atom is 0.314 e. The number of ketones is 1. The third kappa shape index (κ3) is 2.92. The first-order valence-corrected chi connectivity index (χ1v) is 13.6. The zero-order valence-corrected chi connectivity index (χ0v) is 22.8. The standard InChI is InChI=1S/C29H36O11/c1-13(2)27-22(37-16(5)31)15(4)28-18-11-14(3)20(32)26(18,36)24(34)25(35,12-30)21(33)19(28)23(27)38-29(39-27,40-28)17-9-7-6-8-10-17/h6-10,14-15,18-19,21-24,30,33-36H,1,11-12H2,2-5H3/t14-,15-,18+,19+,21-,22-,23-,24-,25+,26-,27-,28+,29-/m1/s1. The number of esters is 1. The average molecular weight is 561 g/mol. The SMILES string of the molecule is C=C(C)[C@]12O[C@@]3(c4ccccc4)O[C@@H]1[C@@H]1[C@@H](O)[C@@](O)(CO)[C@@H](O)[C@]4(O)C(=O)[C@H](C)C[C@@H]4[C@@]1(O3)[C@H](C)[C@H]2OC(C)=O. The average Bonchev–Trinajstić information content (AvgIpc) is 3.31. The van der Waals surface area contributed by atoms with Gasteiger partial charge in [0.25, 0.3) is 0 Å². The highest BCUT2D eigenvalue weighted by Crippen LogP contribution is 2.72. The van der Waals surface area contributed by atoms with Gasteiger partial charge in [0, 0.05) is 36.2 Å². The van der Waals surface area contributed by atoms with Gasteiger partial charge in [0.05, 0.1) is 18.3 Å². The fraction of sp³-hybridized carbons (Fsp3) is 0.655. The van der Waals surface area contributed by atoms with Gasteiger partial charge in [0.2, 0.25) is 0 Å². The molecular weight excluding hydrogens is 524 g/mol. The van der Waals surface area contributed by atoms with Crippen LogP contribution in [0.15, 0.2) is 42.5 Å². The Morgan fingerprint density at radius 3 is 2.35 bits per heavy atom. The minimum atomic E-state index is -2.75. The first-order chi connectivity index (χ1) is 18.7. The van der Waals surface area contributed by atoms with Crippen molar-refractivity contribution in [1.82, 2.24) is 0 Å². The second kappa shape index (κ2) is 8.42. The van der Waals surface area contributed by atoms with E-state index in [1.165, 1.54) is 6.92 Å². The van der Waals surface area contributed by atoms with Crippen LogP contribution in [0.4, 0.5) is 0 Å². The first-order valence-electron chi connectivity index (χ1n) is 13.6. The highest BCUT2D eigenvalue weighted by atomic mass is 16.9. The number of carbonyl (C=O) groups excluding carboxylic acids is 2. The summed E-state index contributed by atoms with van der Waals surface area (Å²) < 4.78 is 26.1. The van der Waals surface area contributed by atoms with Crippen molar-refractivity contribution < 1.29 is 54.1 Å². The minimum Gasteiger partial charge on any atom is -0.459 e. The van der Waals surface area contributed by atoms with Crippen molar-refractivity contribution in [2.24, 2.45) is 23.7 Å². The molecule has 6 rings (SSSR count). The lowest BCUT2D eigenvalue weighted by Gasteiger charge is -2.62. The second-order valence-corrected chi connectivity index (χ2v) is 12.3. The number of ether oxygens (including phenoxy) is 4. The summed E-state index contributed by atoms with van der Waals surface area (Å²) >= 11 is 0. The van der Waals surface area contributed by atoms with Crippen LogP contribution < -0.4 is 0 Å². The summed E-state index contributed by atoms with van der Waals surface area (Å²) in [5.74, 6) is -7.54. The molecule has 5 aliphatic rings. The summed E-state index contributed by atoms with van der Waals surface area (Å²) in [5.41, 5.74) is -7.98. The Morgan fingerprint density at radius 2 is 1.77 bits per heavy atom. The molecule has 3 aliphatic carbocycles. The summed E-state index contributed by atoms with van der Waals surface area (Å²) in [6.45, 7) is 9.14. The Kier molecular flexibility index (Phi) is 5.88. The lowest BCUT2D eigenvalue weighted by Crippen LogP contribution is -2.77. The Morgan fingerprint density at radius 1 is 1.12 bits per heavy atom. The zero-order chi connectivity index (χ0) is 29.2. The van der Waals surface area contributed by atoms with Gasteiger partial charge in [-0.3, -0.25) is 9.59 Å². The lowest BCUT2D eigenvalue weighted by molar-refractivity contribution is -0.446. The van der Waals surface area contributed by atoms with E-state index in [1.807, 2.05) is 0 Å². The summed E-state index contributed by atoms with van der Waals surface area (Å²) in [6.07, 6.45) is -6.60. The van der Waals surface area contributed by atoms with E-state index in [1.54, 1.807) is 51.1 Å². The molecule has 218 valence electrons. The van der Waals surface area contributed by atoms with Gasteiger partial charge in [0.1, 0.15) is 23.9 Å². The van der Waals surface area contributed by atoms with Crippen molar-refractivity contribution in [3.63, 3.8) is 0 Å². The van der Waals surface area contributed by atoms with Crippen LogP contribution in [-0.4, -0.2) is 90.7 Å². The molecule has 2 heterocycles. The van der Waals surface area contributed by atoms with Gasteiger partial charge in [-0.05, 0) is 18.9 Å². The molecule has 3 bridgehead atoms. The number of hydrogen-bond donors (Lipinski definition) is 5. The van der Waals surface area contributed by atoms with Crippen LogP contribution in [0.5, 0.6) is 0 Å². The van der Waals surface area contributed by atoms with Gasteiger partial charge in [0.15, 0.2) is 17.0 Å². The fourth-order valence-electron chi connectivity index (χ4n) is 8.60. The highest BCUT2D eigenvalue weighted by molar-refractivity contribution is 5.93. The van der Waals surface area contributed by atoms with E-state index >= 15 is 0 Å². The molecule has 1 aromatic carbocycles. The third-order valence-electron chi connectivity index (χ3n) is 10.3. The fourth-order valence-corrected chi connectivity index (χ4v) is 8.60. The Balaban J connectivity index is 1.72. The molecule has 0 radical (unpaired) electrons. The second-order valence-electron chi connectivity index (χ2n) is 12.3. The topological polar surface area (TPSA) is 172 Å². The van der Waals surface area contributed by atoms with E-state index in [0.29, 0.717) is 11.1 Å². The Bertz CT molecular complexity index is 1270. The van der Waals surface area contributed by atoms with Crippen LogP contribution in [0.3, 0.4) is 0 Å². The van der Waals surface area contributed by atoms with Gasteiger partial charge >= 0.3 is 11.9 Å². The normalized spacial score (nSPS) is 52.6. The number of benzene rings is 1. The van der Waals surface area contributed by atoms with Crippen LogP contribution in [0.1, 0.15) is 39.7 Å². The summed E-state index contributed by atoms with van der Waals surface area (Å²) in [7, 11) is 0. The number of rotatable bonds is 4. The summed E-state index contributed by atoms with van der Waals surface area (Å²) in [5, 5.41) is 57.7. The van der Waals surface area contributed by atoms with Gasteiger partial charge < -0.3 is 44.5 Å². The van der Waals surface area contributed by atoms with Gasteiger partial charge in [-0.1, -0.05) is 50.8 Å². The minimum absolute atomic E-state index is 0.00587. The molecule has 0 aromatic heterocycles. The molecule has 0 unspecified atom stereocenters. The van der Waals surface area contributed by atoms with Gasteiger partial charge in [-0.2, -0.15) is 0 Å². The van der Waals surface area contributed by atoms with Gasteiger partial charge in [-0.15, -0.1) is 0 Å². The van der Waals surface area contributed by atoms with Crippen molar-refractivity contribution in [2.75, 3.05) is 6.61 Å². The molecule has 11 nitrogen and oxygen atoms in total. The highest BCUT2D eigenvalue weighted by Gasteiger charge is 2.87. The van der Waals surface area contributed by atoms with Crippen LogP contribution in [0.25, 0.3) is 0 Å². The van der Waals surface area contributed by atoms with Crippen LogP contribution >= 0.6 is 0 Å². The molecule has 5 N–H and O–H groups in total. The number of fused-ring (bicyclic) bond motifs is 2. The summed E-state index contributed by atoms with van der Waals surface area (Å²) in [4.78, 5) is 26.2. The molecular formula is C29H36O11. The van der Waals surface area contributed by atoms with E-state index in [0.717, 1.165) is 0 Å². The molecule has 2 saturated heterocycles. The van der Waals surface area contributed by atoms with Crippen molar-refractivity contribution in [1.29, 1.82) is 0 Å². The van der Waals surface area contributed by atoms with Crippen LogP contribution in [-0.2, 0) is 34.5 Å². The molecule has 0 amide bonds. The van der Waals surface area contributed by atoms with E-state index in [9.17, 15) is 35.1 Å². The molecule has 3 saturated carbocycles. The number of aliphatic hydroxyl groups is 5. The molecule has 11 heteroatoms. The van der Waals surface area contributed by atoms with E-state index in [-0.39, 0.29) is 6.42 Å². The molecule has 40 heavy (non-hydrogen) atoms. The van der Waals surface area contributed by atoms with E-state index in [2.05, 4.69) is 6.58 Å². The molecule has 13 atom stereocenters. The van der Waals surface area contributed by atoms with Crippen molar-refractivity contribution in [2.45, 2.75) is 86.9 Å². The monoisotopic (exact) mass is 560 g/mol.